The number of hydrogen-bond acceptors (Lipinski definition) is 3. The van der Waals surface area contributed by atoms with Crippen LogP contribution in [0.3, 0.4) is 0 Å². The smallest absolute Gasteiger partial charge is 0.115 e. The lowest BCUT2D eigenvalue weighted by atomic mass is 9.75. The summed E-state index contributed by atoms with van der Waals surface area (Å²) >= 11 is 0. The van der Waals surface area contributed by atoms with Crippen molar-refractivity contribution in [3.63, 3.8) is 0 Å². The van der Waals surface area contributed by atoms with Gasteiger partial charge in [0.05, 0.1) is 16.6 Å². The normalized spacial score (nSPS) is 34.8. The maximum atomic E-state index is 12.5. The van der Waals surface area contributed by atoms with E-state index < -0.39 is 16.4 Å². The lowest BCUT2D eigenvalue weighted by Crippen LogP contribution is -2.51. The van der Waals surface area contributed by atoms with E-state index >= 15 is 0 Å². The molecule has 108 valence electrons. The van der Waals surface area contributed by atoms with Crippen LogP contribution in [0.4, 0.5) is 0 Å². The van der Waals surface area contributed by atoms with Gasteiger partial charge in [-0.3, -0.25) is 4.21 Å². The Hall–Kier alpha value is -0.970. The third kappa shape index (κ3) is 2.60. The average molecular weight is 292 g/mol. The summed E-state index contributed by atoms with van der Waals surface area (Å²) in [5, 5.41) is 0. The molecule has 1 aromatic carbocycles. The summed E-state index contributed by atoms with van der Waals surface area (Å²) in [6, 6.07) is 9.55. The van der Waals surface area contributed by atoms with Gasteiger partial charge in [-0.05, 0) is 49.8 Å². The zero-order valence-electron chi connectivity index (χ0n) is 11.7. The lowest BCUT2D eigenvalue weighted by molar-refractivity contribution is -0.411. The molecule has 1 aliphatic carbocycles. The Morgan fingerprint density at radius 2 is 2.15 bits per heavy atom. The van der Waals surface area contributed by atoms with Crippen molar-refractivity contribution in [3.05, 3.63) is 42.5 Å². The molecule has 0 aromatic heterocycles. The molecular weight excluding hydrogens is 272 g/mol. The van der Waals surface area contributed by atoms with Crippen LogP contribution in [0.15, 0.2) is 47.4 Å². The average Bonchev–Trinajstić information content (AvgIpc) is 2.47. The van der Waals surface area contributed by atoms with Crippen molar-refractivity contribution in [1.82, 2.24) is 0 Å². The molecule has 2 bridgehead atoms. The van der Waals surface area contributed by atoms with E-state index in [4.69, 9.17) is 9.78 Å². The second kappa shape index (κ2) is 5.43. The van der Waals surface area contributed by atoms with Crippen LogP contribution in [0, 0.1) is 5.92 Å². The number of rotatable bonds is 3. The van der Waals surface area contributed by atoms with Gasteiger partial charge in [-0.2, -0.15) is 0 Å². The molecule has 0 amide bonds. The fraction of sp³-hybridized carbons (Fsp3) is 0.500. The van der Waals surface area contributed by atoms with Crippen LogP contribution in [-0.4, -0.2) is 21.7 Å². The Morgan fingerprint density at radius 1 is 1.40 bits per heavy atom. The van der Waals surface area contributed by atoms with Crippen LogP contribution in [0.1, 0.15) is 26.2 Å². The predicted molar refractivity (Wildman–Crippen MR) is 78.6 cm³/mol. The molecule has 3 rings (SSSR count). The van der Waals surface area contributed by atoms with E-state index in [1.54, 1.807) is 0 Å². The van der Waals surface area contributed by atoms with Crippen LogP contribution in [-0.2, 0) is 20.6 Å². The van der Waals surface area contributed by atoms with E-state index in [-0.39, 0.29) is 6.10 Å². The van der Waals surface area contributed by atoms with E-state index in [0.717, 1.165) is 29.7 Å². The number of benzene rings is 1. The van der Waals surface area contributed by atoms with E-state index in [1.165, 1.54) is 0 Å². The molecule has 1 aromatic rings. The third-order valence-corrected chi connectivity index (χ3v) is 6.04. The van der Waals surface area contributed by atoms with Gasteiger partial charge < -0.3 is 0 Å². The van der Waals surface area contributed by atoms with Crippen LogP contribution in [0.2, 0.25) is 0 Å². The molecule has 2 aliphatic rings. The SMILES string of the molecule is C=C1CC[C@@H]2C[C@H]1OO[C@@]2(C)CS(=O)c1ccccc1. The molecule has 4 heteroatoms. The van der Waals surface area contributed by atoms with Gasteiger partial charge in [0, 0.05) is 4.90 Å². The molecule has 2 fully saturated rings. The van der Waals surface area contributed by atoms with Crippen molar-refractivity contribution >= 4 is 10.8 Å². The van der Waals surface area contributed by atoms with Crippen molar-refractivity contribution in [2.45, 2.75) is 42.8 Å². The first-order valence-electron chi connectivity index (χ1n) is 7.04. The monoisotopic (exact) mass is 292 g/mol. The first-order valence-corrected chi connectivity index (χ1v) is 8.36. The van der Waals surface area contributed by atoms with Crippen LogP contribution >= 0.6 is 0 Å². The summed E-state index contributed by atoms with van der Waals surface area (Å²) in [6.45, 7) is 6.04. The predicted octanol–water partition coefficient (Wildman–Crippen LogP) is 3.24. The molecule has 1 aliphatic heterocycles. The molecule has 4 atom stereocenters. The summed E-state index contributed by atoms with van der Waals surface area (Å²) in [5.41, 5.74) is 0.644. The molecule has 0 spiro atoms. The van der Waals surface area contributed by atoms with Crippen molar-refractivity contribution in [2.75, 3.05) is 5.75 Å². The van der Waals surface area contributed by atoms with Gasteiger partial charge in [0.1, 0.15) is 11.7 Å². The topological polar surface area (TPSA) is 35.5 Å². The largest absolute Gasteiger partial charge is 0.254 e. The van der Waals surface area contributed by atoms with E-state index in [0.29, 0.717) is 11.7 Å². The molecule has 1 saturated carbocycles. The third-order valence-electron chi connectivity index (χ3n) is 4.41. The Bertz CT molecular complexity index is 528. The minimum Gasteiger partial charge on any atom is -0.254 e. The molecular formula is C16H20O3S. The number of hydrogen-bond donors (Lipinski definition) is 0. The van der Waals surface area contributed by atoms with Crippen LogP contribution < -0.4 is 0 Å². The van der Waals surface area contributed by atoms with Crippen molar-refractivity contribution < 1.29 is 14.0 Å². The molecule has 3 nitrogen and oxygen atoms in total. The quantitative estimate of drug-likeness (QED) is 0.634. The molecule has 1 heterocycles. The second-order valence-corrected chi connectivity index (χ2v) is 7.36. The minimum atomic E-state index is -1.07. The number of fused-ring (bicyclic) bond motifs is 2. The highest BCUT2D eigenvalue weighted by atomic mass is 32.2. The lowest BCUT2D eigenvalue weighted by Gasteiger charge is -2.46. The first kappa shape index (κ1) is 14.0. The highest BCUT2D eigenvalue weighted by Gasteiger charge is 2.46. The van der Waals surface area contributed by atoms with E-state index in [9.17, 15) is 4.21 Å². The van der Waals surface area contributed by atoms with Gasteiger partial charge >= 0.3 is 0 Å². The van der Waals surface area contributed by atoms with E-state index in [2.05, 4.69) is 6.58 Å². The zero-order chi connectivity index (χ0) is 14.2. The Morgan fingerprint density at radius 3 is 2.90 bits per heavy atom. The molecule has 1 saturated heterocycles. The molecule has 0 N–H and O–H groups in total. The Kier molecular flexibility index (Phi) is 3.80. The second-order valence-electron chi connectivity index (χ2n) is 5.91. The summed E-state index contributed by atoms with van der Waals surface area (Å²) in [5.74, 6) is 0.861. The van der Waals surface area contributed by atoms with Gasteiger partial charge in [0.25, 0.3) is 0 Å². The molecule has 1 unspecified atom stereocenters. The highest BCUT2D eigenvalue weighted by Crippen LogP contribution is 2.43. The summed E-state index contributed by atoms with van der Waals surface area (Å²) in [4.78, 5) is 12.0. The Labute approximate surface area is 122 Å². The van der Waals surface area contributed by atoms with Crippen LogP contribution in [0.5, 0.6) is 0 Å². The summed E-state index contributed by atoms with van der Waals surface area (Å²) < 4.78 is 12.5. The van der Waals surface area contributed by atoms with Gasteiger partial charge in [0.15, 0.2) is 0 Å². The van der Waals surface area contributed by atoms with Crippen LogP contribution in [0.25, 0.3) is 0 Å². The highest BCUT2D eigenvalue weighted by molar-refractivity contribution is 7.85. The fourth-order valence-electron chi connectivity index (χ4n) is 3.02. The van der Waals surface area contributed by atoms with E-state index in [1.807, 2.05) is 37.3 Å². The van der Waals surface area contributed by atoms with Crippen molar-refractivity contribution in [3.8, 4) is 0 Å². The minimum absolute atomic E-state index is 0.0204. The fourth-order valence-corrected chi connectivity index (χ4v) is 4.45. The molecule has 0 radical (unpaired) electrons. The van der Waals surface area contributed by atoms with Gasteiger partial charge in [0.2, 0.25) is 0 Å². The molecule has 20 heavy (non-hydrogen) atoms. The van der Waals surface area contributed by atoms with Gasteiger partial charge in [-0.25, -0.2) is 9.78 Å². The first-order chi connectivity index (χ1) is 9.58. The van der Waals surface area contributed by atoms with Crippen molar-refractivity contribution in [2.24, 2.45) is 5.92 Å². The Balaban J connectivity index is 1.73. The zero-order valence-corrected chi connectivity index (χ0v) is 12.5. The standard InChI is InChI=1S/C16H20O3S/c1-12-8-9-13-10-15(12)18-19-16(13,2)11-20(17)14-6-4-3-5-7-14/h3-7,13,15H,1,8-11H2,2H3/t13-,15-,16+,20?/m1/s1. The summed E-state index contributed by atoms with van der Waals surface area (Å²) in [6.07, 6.45) is 2.97. The maximum Gasteiger partial charge on any atom is 0.115 e. The summed E-state index contributed by atoms with van der Waals surface area (Å²) in [7, 11) is -1.07. The van der Waals surface area contributed by atoms with Gasteiger partial charge in [-0.1, -0.05) is 24.8 Å². The van der Waals surface area contributed by atoms with Gasteiger partial charge in [-0.15, -0.1) is 0 Å². The maximum absolute atomic E-state index is 12.5. The van der Waals surface area contributed by atoms with Crippen molar-refractivity contribution in [1.29, 1.82) is 0 Å².